The number of nitrogens with one attached hydrogen (secondary N) is 1. The molecule has 0 fully saturated rings. The summed E-state index contributed by atoms with van der Waals surface area (Å²) in [6, 6.07) is 10.7. The van der Waals surface area contributed by atoms with Crippen LogP contribution in [0, 0.1) is 0 Å². The van der Waals surface area contributed by atoms with Crippen molar-refractivity contribution in [1.82, 2.24) is 4.40 Å². The maximum absolute atomic E-state index is 12.8. The number of aryl methyl sites for hydroxylation is 1. The topological polar surface area (TPSA) is 59.1 Å². The lowest BCUT2D eigenvalue weighted by atomic mass is 9.88. The van der Waals surface area contributed by atoms with Crippen LogP contribution < -0.4 is 19.5 Å². The molecule has 2 aromatic heterocycles. The number of halogens is 1. The summed E-state index contributed by atoms with van der Waals surface area (Å²) in [5.41, 5.74) is 8.41. The number of imidazole rings is 1. The van der Waals surface area contributed by atoms with Crippen molar-refractivity contribution in [2.24, 2.45) is 0 Å². The van der Waals surface area contributed by atoms with Gasteiger partial charge in [-0.15, -0.1) is 0 Å². The van der Waals surface area contributed by atoms with Crippen LogP contribution in [0.15, 0.2) is 40.2 Å². The molecule has 1 atom stereocenters. The Morgan fingerprint density at radius 3 is 2.68 bits per heavy atom. The minimum atomic E-state index is -0.232. The zero-order valence-electron chi connectivity index (χ0n) is 24.1. The molecule has 0 saturated heterocycles. The van der Waals surface area contributed by atoms with Crippen molar-refractivity contribution in [3.8, 4) is 28.3 Å². The number of nitrogens with zero attached hydrogens (tertiary/aromatic N) is 3. The second kappa shape index (κ2) is 10.1. The van der Waals surface area contributed by atoms with E-state index in [1.807, 2.05) is 0 Å². The van der Waals surface area contributed by atoms with Crippen molar-refractivity contribution in [2.75, 3.05) is 37.0 Å². The van der Waals surface area contributed by atoms with E-state index in [0.717, 1.165) is 75.9 Å². The number of hydrogen-bond acceptors (Lipinski definition) is 6. The van der Waals surface area contributed by atoms with E-state index in [9.17, 15) is 4.79 Å². The fourth-order valence-electron chi connectivity index (χ4n) is 6.75. The number of thiazole rings is 1. The summed E-state index contributed by atoms with van der Waals surface area (Å²) in [4.78, 5) is 16.4. The SMILES string of the molecule is COC(=O)CC1COc2c(cc3c4c2CCCN4CCC3)-c2c(NC(C)(C)C)n3c(-c4ccc(Br)cc4)csc3[n+]21. The maximum Gasteiger partial charge on any atom is 0.348 e. The van der Waals surface area contributed by atoms with E-state index in [1.54, 1.807) is 11.3 Å². The number of aromatic nitrogens is 2. The van der Waals surface area contributed by atoms with Gasteiger partial charge in [0.2, 0.25) is 11.5 Å². The maximum atomic E-state index is 12.8. The molecular weight excluding hydrogens is 600 g/mol. The van der Waals surface area contributed by atoms with E-state index in [-0.39, 0.29) is 24.0 Å². The molecule has 0 spiro atoms. The molecule has 4 aromatic rings. The minimum absolute atomic E-state index is 0.202. The molecule has 214 valence electrons. The number of hydrogen-bond donors (Lipinski definition) is 1. The van der Waals surface area contributed by atoms with Gasteiger partial charge in [-0.25, -0.2) is 4.57 Å². The molecule has 41 heavy (non-hydrogen) atoms. The number of carbonyl (C=O) groups excluding carboxylic acids is 1. The summed E-state index contributed by atoms with van der Waals surface area (Å²) in [6.07, 6.45) is 4.62. The summed E-state index contributed by atoms with van der Waals surface area (Å²) in [6.45, 7) is 9.22. The van der Waals surface area contributed by atoms with Crippen LogP contribution in [0.5, 0.6) is 5.75 Å². The third kappa shape index (κ3) is 4.52. The van der Waals surface area contributed by atoms with Gasteiger partial charge in [-0.2, -0.15) is 4.40 Å². The first kappa shape index (κ1) is 26.8. The fraction of sp³-hybridized carbons (Fsp3) is 0.438. The molecule has 7 nitrogen and oxygen atoms in total. The van der Waals surface area contributed by atoms with Crippen molar-refractivity contribution in [3.05, 3.63) is 51.3 Å². The van der Waals surface area contributed by atoms with Crippen molar-refractivity contribution in [1.29, 1.82) is 0 Å². The Bertz CT molecular complexity index is 1670. The number of anilines is 2. The number of rotatable bonds is 4. The average Bonchev–Trinajstić information content (AvgIpc) is 3.45. The summed E-state index contributed by atoms with van der Waals surface area (Å²) in [5.74, 6) is 1.78. The van der Waals surface area contributed by atoms with Gasteiger partial charge < -0.3 is 19.7 Å². The number of carbonyl (C=O) groups is 1. The lowest BCUT2D eigenvalue weighted by molar-refractivity contribution is -0.684. The van der Waals surface area contributed by atoms with E-state index >= 15 is 0 Å². The van der Waals surface area contributed by atoms with Gasteiger partial charge >= 0.3 is 10.9 Å². The molecule has 7 rings (SSSR count). The Kier molecular flexibility index (Phi) is 6.58. The van der Waals surface area contributed by atoms with Crippen LogP contribution in [0.25, 0.3) is 27.5 Å². The van der Waals surface area contributed by atoms with Crippen molar-refractivity contribution >= 4 is 49.7 Å². The standard InChI is InChI=1S/C32H36BrN4O3S/c1-32(2,3)34-30-28-24-15-20-7-5-13-35-14-6-8-23(27(20)35)29(24)40-17-22(16-26(38)39-4)36(28)31-37(30)25(18-41-31)19-9-11-21(33)12-10-19/h9-12,15,18,22,34H,5-8,13-14,16-17H2,1-4H3/q+1. The van der Waals surface area contributed by atoms with Gasteiger partial charge in [-0.3, -0.25) is 4.79 Å². The summed E-state index contributed by atoms with van der Waals surface area (Å²) >= 11 is 5.30. The van der Waals surface area contributed by atoms with Crippen LogP contribution in [0.2, 0.25) is 0 Å². The van der Waals surface area contributed by atoms with E-state index in [0.29, 0.717) is 6.61 Å². The Morgan fingerprint density at radius 2 is 1.95 bits per heavy atom. The molecule has 0 radical (unpaired) electrons. The van der Waals surface area contributed by atoms with E-state index in [2.05, 4.69) is 91.6 Å². The number of ether oxygens (including phenoxy) is 2. The van der Waals surface area contributed by atoms with Gasteiger partial charge in [0.15, 0.2) is 5.69 Å². The summed E-state index contributed by atoms with van der Waals surface area (Å²) < 4.78 is 17.7. The molecule has 9 heteroatoms. The van der Waals surface area contributed by atoms with Crippen molar-refractivity contribution < 1.29 is 18.8 Å². The van der Waals surface area contributed by atoms with Crippen molar-refractivity contribution in [3.63, 3.8) is 0 Å². The Morgan fingerprint density at radius 1 is 1.20 bits per heavy atom. The van der Waals surface area contributed by atoms with Gasteiger partial charge in [0.25, 0.3) is 0 Å². The summed E-state index contributed by atoms with van der Waals surface area (Å²) in [5, 5.41) is 6.11. The Balaban J connectivity index is 1.56. The summed E-state index contributed by atoms with van der Waals surface area (Å²) in [7, 11) is 1.46. The van der Waals surface area contributed by atoms with E-state index < -0.39 is 0 Å². The van der Waals surface area contributed by atoms with Crippen LogP contribution in [0.1, 0.15) is 57.2 Å². The normalized spacial score (nSPS) is 17.8. The molecule has 1 N–H and O–H groups in total. The lowest BCUT2D eigenvalue weighted by Crippen LogP contribution is -2.43. The molecule has 3 aliphatic rings. The van der Waals surface area contributed by atoms with Gasteiger partial charge in [-0.05, 0) is 82.3 Å². The fourth-order valence-corrected chi connectivity index (χ4v) is 8.12. The molecule has 5 heterocycles. The number of benzene rings is 2. The zero-order valence-corrected chi connectivity index (χ0v) is 26.5. The largest absolute Gasteiger partial charge is 0.488 e. The highest BCUT2D eigenvalue weighted by Gasteiger charge is 2.43. The van der Waals surface area contributed by atoms with E-state index in [4.69, 9.17) is 9.47 Å². The zero-order chi connectivity index (χ0) is 28.5. The van der Waals surface area contributed by atoms with Crippen molar-refractivity contribution in [2.45, 2.75) is 64.5 Å². The molecule has 2 aromatic carbocycles. The van der Waals surface area contributed by atoms with Gasteiger partial charge in [0.1, 0.15) is 18.4 Å². The highest BCUT2D eigenvalue weighted by atomic mass is 79.9. The molecule has 0 amide bonds. The Labute approximate surface area is 253 Å². The molecule has 1 unspecified atom stereocenters. The van der Waals surface area contributed by atoms with Gasteiger partial charge in [0.05, 0.1) is 19.1 Å². The third-order valence-corrected chi connectivity index (χ3v) is 9.84. The highest BCUT2D eigenvalue weighted by molar-refractivity contribution is 9.10. The monoisotopic (exact) mass is 635 g/mol. The van der Waals surface area contributed by atoms with Crippen LogP contribution in [0.4, 0.5) is 11.5 Å². The predicted molar refractivity (Wildman–Crippen MR) is 167 cm³/mol. The molecule has 0 saturated carbocycles. The first-order valence-corrected chi connectivity index (χ1v) is 16.2. The third-order valence-electron chi connectivity index (χ3n) is 8.38. The quantitative estimate of drug-likeness (QED) is 0.198. The van der Waals surface area contributed by atoms with E-state index in [1.165, 1.54) is 30.3 Å². The second-order valence-corrected chi connectivity index (χ2v) is 14.1. The Hall–Kier alpha value is -3.04. The molecule has 3 aliphatic heterocycles. The van der Waals surface area contributed by atoms with Crippen LogP contribution in [-0.4, -0.2) is 42.7 Å². The smallest absolute Gasteiger partial charge is 0.348 e. The second-order valence-electron chi connectivity index (χ2n) is 12.4. The first-order valence-electron chi connectivity index (χ1n) is 14.5. The van der Waals surface area contributed by atoms with Crippen LogP contribution >= 0.6 is 27.3 Å². The number of esters is 1. The average molecular weight is 637 g/mol. The van der Waals surface area contributed by atoms with Crippen LogP contribution in [-0.2, 0) is 22.4 Å². The minimum Gasteiger partial charge on any atom is -0.488 e. The lowest BCUT2D eigenvalue weighted by Gasteiger charge is -2.38. The first-order chi connectivity index (χ1) is 19.7. The van der Waals surface area contributed by atoms with Gasteiger partial charge in [-0.1, -0.05) is 27.3 Å². The predicted octanol–water partition coefficient (Wildman–Crippen LogP) is 6.79. The number of methoxy groups -OCH3 is 1. The number of fused-ring (bicyclic) bond motifs is 6. The highest BCUT2D eigenvalue weighted by Crippen LogP contribution is 2.49. The van der Waals surface area contributed by atoms with Gasteiger partial charge in [0, 0.05) is 45.3 Å². The molecule has 0 aliphatic carbocycles. The molecular formula is C32H36BrN4O3S+. The van der Waals surface area contributed by atoms with Crippen LogP contribution in [0.3, 0.4) is 0 Å². The molecule has 0 bridgehead atoms.